The normalized spacial score (nSPS) is 14.2. The van der Waals surface area contributed by atoms with Gasteiger partial charge >= 0.3 is 0 Å². The van der Waals surface area contributed by atoms with Crippen LogP contribution in [0.25, 0.3) is 0 Å². The molecule has 0 saturated heterocycles. The van der Waals surface area contributed by atoms with E-state index in [9.17, 15) is 0 Å². The van der Waals surface area contributed by atoms with E-state index in [4.69, 9.17) is 0 Å². The minimum atomic E-state index is 0.355. The van der Waals surface area contributed by atoms with Crippen molar-refractivity contribution >= 4 is 0 Å². The smallest absolute Gasteiger partial charge is 0.0170 e. The second-order valence-electron chi connectivity index (χ2n) is 5.54. The number of rotatable bonds is 3. The van der Waals surface area contributed by atoms with Crippen LogP contribution in [0.5, 0.6) is 0 Å². The molecule has 72 valence electrons. The number of hydrogen-bond donors (Lipinski definition) is 0. The van der Waals surface area contributed by atoms with Gasteiger partial charge in [0.05, 0.1) is 0 Å². The van der Waals surface area contributed by atoms with E-state index in [1.165, 1.54) is 6.42 Å². The molecule has 0 heteroatoms. The van der Waals surface area contributed by atoms with Crippen LogP contribution < -0.4 is 0 Å². The summed E-state index contributed by atoms with van der Waals surface area (Å²) in [6.45, 7) is 13.7. The molecule has 0 atom stereocenters. The van der Waals surface area contributed by atoms with Crippen molar-refractivity contribution in [3.05, 3.63) is 12.2 Å². The number of hydrogen-bond acceptors (Lipinski definition) is 0. The molecule has 0 fully saturated rings. The lowest BCUT2D eigenvalue weighted by molar-refractivity contribution is 0.262. The Kier molecular flexibility index (Phi) is 4.02. The zero-order valence-electron chi connectivity index (χ0n) is 9.57. The van der Waals surface area contributed by atoms with Crippen molar-refractivity contribution in [3.8, 4) is 0 Å². The Labute approximate surface area is 78.1 Å². The average Bonchev–Trinajstić information content (AvgIpc) is 1.78. The van der Waals surface area contributed by atoms with Gasteiger partial charge in [0.1, 0.15) is 0 Å². The fourth-order valence-corrected chi connectivity index (χ4v) is 1.86. The third kappa shape index (κ3) is 6.45. The van der Waals surface area contributed by atoms with E-state index in [-0.39, 0.29) is 0 Å². The molecule has 0 heterocycles. The summed E-state index contributed by atoms with van der Waals surface area (Å²) in [5.74, 6) is 0. The maximum absolute atomic E-state index is 2.35. The summed E-state index contributed by atoms with van der Waals surface area (Å²) in [4.78, 5) is 0. The summed E-state index contributed by atoms with van der Waals surface area (Å²) < 4.78 is 0. The molecule has 0 bridgehead atoms. The zero-order valence-corrected chi connectivity index (χ0v) is 9.57. The standard InChI is InChI=1S/C12H24/c1-7-8-9-12(5,6)10-11(2,3)4/h8-9H,7,10H2,1-6H3/b9-8+. The molecule has 0 aliphatic rings. The molecular formula is C12H24. The van der Waals surface area contributed by atoms with Gasteiger partial charge in [0, 0.05) is 0 Å². The topological polar surface area (TPSA) is 0 Å². The van der Waals surface area contributed by atoms with E-state index in [0.717, 1.165) is 6.42 Å². The van der Waals surface area contributed by atoms with E-state index in [1.807, 2.05) is 0 Å². The van der Waals surface area contributed by atoms with E-state index in [2.05, 4.69) is 53.7 Å². The van der Waals surface area contributed by atoms with Crippen molar-refractivity contribution in [1.29, 1.82) is 0 Å². The van der Waals surface area contributed by atoms with Crippen LogP contribution in [0.3, 0.4) is 0 Å². The van der Waals surface area contributed by atoms with Gasteiger partial charge in [0.25, 0.3) is 0 Å². The predicted octanol–water partition coefficient (Wildman–Crippen LogP) is 4.42. The van der Waals surface area contributed by atoms with Gasteiger partial charge in [-0.05, 0) is 23.7 Å². The summed E-state index contributed by atoms with van der Waals surface area (Å²) in [7, 11) is 0. The van der Waals surface area contributed by atoms with Gasteiger partial charge in [-0.1, -0.05) is 53.7 Å². The van der Waals surface area contributed by atoms with Gasteiger partial charge in [-0.15, -0.1) is 0 Å². The van der Waals surface area contributed by atoms with Crippen LogP contribution in [-0.2, 0) is 0 Å². The minimum Gasteiger partial charge on any atom is -0.0883 e. The van der Waals surface area contributed by atoms with E-state index in [0.29, 0.717) is 10.8 Å². The predicted molar refractivity (Wildman–Crippen MR) is 57.3 cm³/mol. The lowest BCUT2D eigenvalue weighted by Crippen LogP contribution is -2.18. The molecule has 0 radical (unpaired) electrons. The molecule has 0 aromatic heterocycles. The van der Waals surface area contributed by atoms with Gasteiger partial charge < -0.3 is 0 Å². The minimum absolute atomic E-state index is 0.355. The first-order valence-electron chi connectivity index (χ1n) is 4.94. The molecule has 0 aromatic rings. The van der Waals surface area contributed by atoms with Crippen molar-refractivity contribution in [1.82, 2.24) is 0 Å². The Hall–Kier alpha value is -0.260. The molecule has 0 nitrogen and oxygen atoms in total. The highest BCUT2D eigenvalue weighted by molar-refractivity contribution is 4.96. The third-order valence-corrected chi connectivity index (χ3v) is 1.79. The maximum Gasteiger partial charge on any atom is -0.0170 e. The summed E-state index contributed by atoms with van der Waals surface area (Å²) >= 11 is 0. The summed E-state index contributed by atoms with van der Waals surface area (Å²) in [6.07, 6.45) is 7.01. The van der Waals surface area contributed by atoms with Gasteiger partial charge in [-0.25, -0.2) is 0 Å². The maximum atomic E-state index is 2.35. The first-order valence-corrected chi connectivity index (χ1v) is 4.94. The second kappa shape index (κ2) is 4.11. The van der Waals surface area contributed by atoms with Crippen LogP contribution in [0.1, 0.15) is 54.4 Å². The van der Waals surface area contributed by atoms with E-state index in [1.54, 1.807) is 0 Å². The van der Waals surface area contributed by atoms with E-state index >= 15 is 0 Å². The molecular weight excluding hydrogens is 144 g/mol. The highest BCUT2D eigenvalue weighted by Gasteiger charge is 2.22. The fourth-order valence-electron chi connectivity index (χ4n) is 1.86. The third-order valence-electron chi connectivity index (χ3n) is 1.79. The SMILES string of the molecule is CC/C=C/C(C)(C)CC(C)(C)C. The van der Waals surface area contributed by atoms with Crippen LogP contribution >= 0.6 is 0 Å². The van der Waals surface area contributed by atoms with E-state index < -0.39 is 0 Å². The lowest BCUT2D eigenvalue weighted by Gasteiger charge is -2.29. The van der Waals surface area contributed by atoms with Gasteiger partial charge in [-0.2, -0.15) is 0 Å². The zero-order chi connectivity index (χ0) is 9.83. The van der Waals surface area contributed by atoms with Crippen molar-refractivity contribution in [2.45, 2.75) is 54.4 Å². The molecule has 0 spiro atoms. The first kappa shape index (κ1) is 11.7. The highest BCUT2D eigenvalue weighted by Crippen LogP contribution is 2.34. The molecule has 0 rings (SSSR count). The Morgan fingerprint density at radius 2 is 1.50 bits per heavy atom. The fraction of sp³-hybridized carbons (Fsp3) is 0.833. The summed E-state index contributed by atoms with van der Waals surface area (Å²) in [6, 6.07) is 0. The highest BCUT2D eigenvalue weighted by atomic mass is 14.3. The Morgan fingerprint density at radius 1 is 1.00 bits per heavy atom. The molecule has 0 aliphatic carbocycles. The molecule has 0 aromatic carbocycles. The molecule has 0 aliphatic heterocycles. The van der Waals surface area contributed by atoms with Crippen molar-refractivity contribution in [2.75, 3.05) is 0 Å². The summed E-state index contributed by atoms with van der Waals surface area (Å²) in [5, 5.41) is 0. The van der Waals surface area contributed by atoms with Gasteiger partial charge in [-0.3, -0.25) is 0 Å². The van der Waals surface area contributed by atoms with Crippen molar-refractivity contribution in [3.63, 3.8) is 0 Å². The van der Waals surface area contributed by atoms with Crippen LogP contribution in [-0.4, -0.2) is 0 Å². The Morgan fingerprint density at radius 3 is 1.83 bits per heavy atom. The molecule has 0 N–H and O–H groups in total. The molecule has 0 saturated carbocycles. The largest absolute Gasteiger partial charge is 0.0883 e. The van der Waals surface area contributed by atoms with Crippen LogP contribution in [0.2, 0.25) is 0 Å². The lowest BCUT2D eigenvalue weighted by atomic mass is 9.76. The van der Waals surface area contributed by atoms with Gasteiger partial charge in [0.15, 0.2) is 0 Å². The van der Waals surface area contributed by atoms with Crippen molar-refractivity contribution in [2.24, 2.45) is 10.8 Å². The van der Waals surface area contributed by atoms with Crippen molar-refractivity contribution < 1.29 is 0 Å². The Balaban J connectivity index is 4.13. The van der Waals surface area contributed by atoms with Crippen LogP contribution in [0, 0.1) is 10.8 Å². The van der Waals surface area contributed by atoms with Crippen LogP contribution in [0.4, 0.5) is 0 Å². The molecule has 12 heavy (non-hydrogen) atoms. The monoisotopic (exact) mass is 168 g/mol. The molecule has 0 unspecified atom stereocenters. The van der Waals surface area contributed by atoms with Gasteiger partial charge in [0.2, 0.25) is 0 Å². The average molecular weight is 168 g/mol. The second-order valence-corrected chi connectivity index (χ2v) is 5.54. The first-order chi connectivity index (χ1) is 5.27. The Bertz CT molecular complexity index is 144. The van der Waals surface area contributed by atoms with Crippen LogP contribution in [0.15, 0.2) is 12.2 Å². The quantitative estimate of drug-likeness (QED) is 0.547. The number of allylic oxidation sites excluding steroid dienone is 2. The molecule has 0 amide bonds. The summed E-state index contributed by atoms with van der Waals surface area (Å²) in [5.41, 5.74) is 0.788.